The molecule has 152 valence electrons. The zero-order valence-electron chi connectivity index (χ0n) is 16.3. The van der Waals surface area contributed by atoms with E-state index >= 15 is 0 Å². The van der Waals surface area contributed by atoms with E-state index in [1.54, 1.807) is 37.4 Å². The second kappa shape index (κ2) is 10.6. The van der Waals surface area contributed by atoms with Crippen LogP contribution in [0.3, 0.4) is 0 Å². The third kappa shape index (κ3) is 6.16. The average Bonchev–Trinajstić information content (AvgIpc) is 2.69. The molecule has 0 bridgehead atoms. The first kappa shape index (κ1) is 21.6. The van der Waals surface area contributed by atoms with Crippen LogP contribution in [0.1, 0.15) is 32.3 Å². The van der Waals surface area contributed by atoms with Crippen LogP contribution in [0.2, 0.25) is 0 Å². The van der Waals surface area contributed by atoms with Gasteiger partial charge in [-0.2, -0.15) is 13.5 Å². The minimum atomic E-state index is -3.76. The summed E-state index contributed by atoms with van der Waals surface area (Å²) in [5, 5.41) is 3.84. The second-order valence-electron chi connectivity index (χ2n) is 5.87. The van der Waals surface area contributed by atoms with Gasteiger partial charge < -0.3 is 14.2 Å². The Balaban J connectivity index is 2.04. The van der Waals surface area contributed by atoms with Crippen molar-refractivity contribution in [2.75, 3.05) is 20.3 Å². The predicted octanol–water partition coefficient (Wildman–Crippen LogP) is 3.59. The van der Waals surface area contributed by atoms with E-state index in [9.17, 15) is 8.42 Å². The molecule has 0 aromatic heterocycles. The lowest BCUT2D eigenvalue weighted by Gasteiger charge is -2.10. The first-order chi connectivity index (χ1) is 13.5. The van der Waals surface area contributed by atoms with Crippen LogP contribution in [0.4, 0.5) is 0 Å². The molecule has 0 aliphatic rings. The number of hydrogen-bond donors (Lipinski definition) is 1. The van der Waals surface area contributed by atoms with E-state index in [1.165, 1.54) is 18.3 Å². The number of hydrazone groups is 1. The van der Waals surface area contributed by atoms with Gasteiger partial charge in [-0.1, -0.05) is 13.3 Å². The number of rotatable bonds is 11. The van der Waals surface area contributed by atoms with E-state index in [1.807, 2.05) is 6.92 Å². The number of ether oxygens (including phenoxy) is 3. The van der Waals surface area contributed by atoms with E-state index in [4.69, 9.17) is 14.2 Å². The molecule has 0 atom stereocenters. The van der Waals surface area contributed by atoms with Crippen molar-refractivity contribution in [2.45, 2.75) is 31.6 Å². The molecular weight excluding hydrogens is 380 g/mol. The lowest BCUT2D eigenvalue weighted by Crippen LogP contribution is -2.18. The number of unbranched alkanes of at least 4 members (excludes halogenated alkanes) is 1. The minimum absolute atomic E-state index is 0.102. The number of sulfonamides is 1. The lowest BCUT2D eigenvalue weighted by atomic mass is 10.2. The molecule has 1 N–H and O–H groups in total. The average molecular weight is 407 g/mol. The van der Waals surface area contributed by atoms with Gasteiger partial charge in [-0.15, -0.1) is 0 Å². The van der Waals surface area contributed by atoms with Crippen LogP contribution in [0.15, 0.2) is 52.5 Å². The monoisotopic (exact) mass is 406 g/mol. The Morgan fingerprint density at radius 3 is 2.43 bits per heavy atom. The van der Waals surface area contributed by atoms with Gasteiger partial charge in [0.1, 0.15) is 5.75 Å². The van der Waals surface area contributed by atoms with Crippen molar-refractivity contribution >= 4 is 16.2 Å². The molecule has 7 nitrogen and oxygen atoms in total. The van der Waals surface area contributed by atoms with Crippen LogP contribution in [0, 0.1) is 0 Å². The van der Waals surface area contributed by atoms with Gasteiger partial charge in [0.05, 0.1) is 31.4 Å². The Labute approximate surface area is 166 Å². The Hall–Kier alpha value is -2.74. The predicted molar refractivity (Wildman–Crippen MR) is 109 cm³/mol. The first-order valence-electron chi connectivity index (χ1n) is 9.08. The maximum atomic E-state index is 12.3. The van der Waals surface area contributed by atoms with Gasteiger partial charge in [-0.05, 0) is 61.4 Å². The van der Waals surface area contributed by atoms with E-state index in [0.29, 0.717) is 36.0 Å². The lowest BCUT2D eigenvalue weighted by molar-refractivity contribution is 0.288. The number of methoxy groups -OCH3 is 1. The van der Waals surface area contributed by atoms with Crippen molar-refractivity contribution in [3.05, 3.63) is 48.0 Å². The van der Waals surface area contributed by atoms with Crippen LogP contribution in [0.5, 0.6) is 17.2 Å². The van der Waals surface area contributed by atoms with Gasteiger partial charge in [0.2, 0.25) is 0 Å². The maximum absolute atomic E-state index is 12.3. The number of hydrogen-bond acceptors (Lipinski definition) is 6. The molecule has 0 amide bonds. The summed E-state index contributed by atoms with van der Waals surface area (Å²) in [5.74, 6) is 1.82. The molecule has 0 aliphatic carbocycles. The fraction of sp³-hybridized carbons (Fsp3) is 0.350. The largest absolute Gasteiger partial charge is 0.494 e. The summed E-state index contributed by atoms with van der Waals surface area (Å²) >= 11 is 0. The Morgan fingerprint density at radius 1 is 1.04 bits per heavy atom. The summed E-state index contributed by atoms with van der Waals surface area (Å²) in [7, 11) is -2.21. The van der Waals surface area contributed by atoms with Crippen molar-refractivity contribution in [3.8, 4) is 17.2 Å². The zero-order chi connectivity index (χ0) is 20.4. The third-order valence-corrected chi connectivity index (χ3v) is 5.01. The van der Waals surface area contributed by atoms with E-state index in [-0.39, 0.29) is 4.90 Å². The minimum Gasteiger partial charge on any atom is -0.494 e. The number of benzene rings is 2. The van der Waals surface area contributed by atoms with Crippen molar-refractivity contribution in [1.29, 1.82) is 0 Å². The van der Waals surface area contributed by atoms with Gasteiger partial charge >= 0.3 is 0 Å². The van der Waals surface area contributed by atoms with Gasteiger partial charge in [0.25, 0.3) is 10.0 Å². The van der Waals surface area contributed by atoms with Gasteiger partial charge in [0.15, 0.2) is 11.5 Å². The molecule has 28 heavy (non-hydrogen) atoms. The number of nitrogens with one attached hydrogen (secondary N) is 1. The normalized spacial score (nSPS) is 11.4. The molecule has 0 spiro atoms. The SMILES string of the molecule is CCCCOc1ccc(/C=N/NS(=O)(=O)c2ccc(OCC)cc2)cc1OC. The van der Waals surface area contributed by atoms with Gasteiger partial charge in [0, 0.05) is 0 Å². The summed E-state index contributed by atoms with van der Waals surface area (Å²) in [6, 6.07) is 11.4. The molecule has 2 aromatic rings. The van der Waals surface area contributed by atoms with Crippen molar-refractivity contribution in [3.63, 3.8) is 0 Å². The van der Waals surface area contributed by atoms with Crippen LogP contribution in [-0.4, -0.2) is 35.0 Å². The summed E-state index contributed by atoms with van der Waals surface area (Å²) in [5.41, 5.74) is 0.675. The van der Waals surface area contributed by atoms with Crippen LogP contribution >= 0.6 is 0 Å². The fourth-order valence-corrected chi connectivity index (χ4v) is 3.11. The smallest absolute Gasteiger partial charge is 0.276 e. The molecule has 2 rings (SSSR count). The standard InChI is InChI=1S/C20H26N2O5S/c1-4-6-13-27-19-12-7-16(14-20(19)25-3)15-21-22-28(23,24)18-10-8-17(9-11-18)26-5-2/h7-12,14-15,22H,4-6,13H2,1-3H3/b21-15+. The van der Waals surface area contributed by atoms with Crippen molar-refractivity contribution in [1.82, 2.24) is 4.83 Å². The molecule has 0 saturated carbocycles. The Morgan fingerprint density at radius 2 is 1.79 bits per heavy atom. The first-order valence-corrected chi connectivity index (χ1v) is 10.6. The summed E-state index contributed by atoms with van der Waals surface area (Å²) in [6.45, 7) is 5.08. The van der Waals surface area contributed by atoms with Crippen LogP contribution in [-0.2, 0) is 10.0 Å². The second-order valence-corrected chi connectivity index (χ2v) is 7.53. The highest BCUT2D eigenvalue weighted by Gasteiger charge is 2.12. The van der Waals surface area contributed by atoms with Crippen LogP contribution < -0.4 is 19.0 Å². The zero-order valence-corrected chi connectivity index (χ0v) is 17.2. The number of nitrogens with zero attached hydrogens (tertiary/aromatic N) is 1. The van der Waals surface area contributed by atoms with Crippen LogP contribution in [0.25, 0.3) is 0 Å². The molecule has 0 unspecified atom stereocenters. The quantitative estimate of drug-likeness (QED) is 0.350. The molecule has 0 fully saturated rings. The summed E-state index contributed by atoms with van der Waals surface area (Å²) in [4.78, 5) is 2.30. The Kier molecular flexibility index (Phi) is 8.13. The summed E-state index contributed by atoms with van der Waals surface area (Å²) in [6.07, 6.45) is 3.41. The molecule has 8 heteroatoms. The van der Waals surface area contributed by atoms with Crippen molar-refractivity contribution in [2.24, 2.45) is 5.10 Å². The van der Waals surface area contributed by atoms with E-state index in [2.05, 4.69) is 16.9 Å². The van der Waals surface area contributed by atoms with Crippen molar-refractivity contribution < 1.29 is 22.6 Å². The molecular formula is C20H26N2O5S. The Bertz CT molecular complexity index is 880. The van der Waals surface area contributed by atoms with Gasteiger partial charge in [-0.25, -0.2) is 4.83 Å². The summed E-state index contributed by atoms with van der Waals surface area (Å²) < 4.78 is 40.9. The molecule has 0 radical (unpaired) electrons. The van der Waals surface area contributed by atoms with E-state index < -0.39 is 10.0 Å². The highest BCUT2D eigenvalue weighted by molar-refractivity contribution is 7.89. The highest BCUT2D eigenvalue weighted by Crippen LogP contribution is 2.27. The fourth-order valence-electron chi connectivity index (χ4n) is 2.31. The molecule has 0 heterocycles. The topological polar surface area (TPSA) is 86.2 Å². The molecule has 2 aromatic carbocycles. The molecule has 0 saturated heterocycles. The molecule has 0 aliphatic heterocycles. The third-order valence-electron chi connectivity index (χ3n) is 3.77. The maximum Gasteiger partial charge on any atom is 0.276 e. The van der Waals surface area contributed by atoms with Gasteiger partial charge in [-0.3, -0.25) is 0 Å². The van der Waals surface area contributed by atoms with E-state index in [0.717, 1.165) is 12.8 Å². The highest BCUT2D eigenvalue weighted by atomic mass is 32.2.